The molecule has 1 amide bonds. The van der Waals surface area contributed by atoms with E-state index in [2.05, 4.69) is 27.2 Å². The van der Waals surface area contributed by atoms with Crippen LogP contribution in [0.5, 0.6) is 0 Å². The second kappa shape index (κ2) is 6.43. The predicted octanol–water partition coefficient (Wildman–Crippen LogP) is 1.98. The molecule has 0 saturated heterocycles. The molecule has 0 aliphatic rings. The third kappa shape index (κ3) is 4.22. The number of carbonyl (C=O) groups is 1. The molecule has 90 valence electrons. The number of hydrogen-bond acceptors (Lipinski definition) is 2. The Morgan fingerprint density at radius 1 is 1.65 bits per heavy atom. The number of amides is 1. The van der Waals surface area contributed by atoms with Crippen LogP contribution < -0.4 is 11.1 Å². The van der Waals surface area contributed by atoms with Gasteiger partial charge in [0.1, 0.15) is 0 Å². The molecule has 0 spiro atoms. The van der Waals surface area contributed by atoms with Crippen molar-refractivity contribution >= 4 is 21.8 Å². The largest absolute Gasteiger partial charge is 0.348 e. The van der Waals surface area contributed by atoms with Gasteiger partial charge in [0.05, 0.1) is 12.1 Å². The molecule has 1 rings (SSSR count). The van der Waals surface area contributed by atoms with Gasteiger partial charge in [0.2, 0.25) is 5.91 Å². The van der Waals surface area contributed by atoms with E-state index in [9.17, 15) is 4.79 Å². The van der Waals surface area contributed by atoms with Gasteiger partial charge in [0.25, 0.3) is 0 Å². The maximum Gasteiger partial charge on any atom is 0.238 e. The van der Waals surface area contributed by atoms with Crippen molar-refractivity contribution in [2.24, 2.45) is 5.73 Å². The third-order valence-corrected chi connectivity index (χ3v) is 2.88. The summed E-state index contributed by atoms with van der Waals surface area (Å²) in [6.07, 6.45) is 5.36. The van der Waals surface area contributed by atoms with E-state index >= 15 is 0 Å². The van der Waals surface area contributed by atoms with E-state index in [0.29, 0.717) is 0 Å². The molecule has 0 aliphatic carbocycles. The number of terminal acetylenes is 1. The van der Waals surface area contributed by atoms with Crippen LogP contribution in [0.25, 0.3) is 0 Å². The zero-order chi connectivity index (χ0) is 12.8. The highest BCUT2D eigenvalue weighted by Crippen LogP contribution is 2.17. The Balaban J connectivity index is 2.64. The summed E-state index contributed by atoms with van der Waals surface area (Å²) in [6.45, 7) is 1.91. The zero-order valence-electron chi connectivity index (χ0n) is 9.61. The van der Waals surface area contributed by atoms with Crippen LogP contribution in [-0.2, 0) is 4.79 Å². The molecule has 1 aromatic rings. The first kappa shape index (κ1) is 13.8. The smallest absolute Gasteiger partial charge is 0.238 e. The Kier molecular flexibility index (Phi) is 5.20. The van der Waals surface area contributed by atoms with Crippen molar-refractivity contribution in [1.82, 2.24) is 5.32 Å². The highest BCUT2D eigenvalue weighted by Gasteiger charge is 2.15. The summed E-state index contributed by atoms with van der Waals surface area (Å²) in [5.41, 5.74) is 6.63. The molecule has 0 bridgehead atoms. The van der Waals surface area contributed by atoms with Crippen molar-refractivity contribution < 1.29 is 4.79 Å². The number of nitrogens with one attached hydrogen (secondary N) is 1. The van der Waals surface area contributed by atoms with Gasteiger partial charge in [-0.15, -0.1) is 12.3 Å². The Morgan fingerprint density at radius 3 is 2.94 bits per heavy atom. The highest BCUT2D eigenvalue weighted by molar-refractivity contribution is 9.10. The molecule has 0 fully saturated rings. The first-order chi connectivity index (χ1) is 8.04. The third-order valence-electron chi connectivity index (χ3n) is 2.38. The predicted molar refractivity (Wildman–Crippen MR) is 72.1 cm³/mol. The fourth-order valence-electron chi connectivity index (χ4n) is 1.40. The average molecular weight is 295 g/mol. The van der Waals surface area contributed by atoms with Crippen LogP contribution in [0.1, 0.15) is 24.9 Å². The van der Waals surface area contributed by atoms with Gasteiger partial charge >= 0.3 is 0 Å². The minimum absolute atomic E-state index is 0.0937. The lowest BCUT2D eigenvalue weighted by molar-refractivity contribution is -0.122. The van der Waals surface area contributed by atoms with Crippen LogP contribution in [0.2, 0.25) is 0 Å². The molecular formula is C13H15BrN2O. The quantitative estimate of drug-likeness (QED) is 0.835. The monoisotopic (exact) mass is 294 g/mol. The van der Waals surface area contributed by atoms with Crippen molar-refractivity contribution in [3.8, 4) is 12.3 Å². The van der Waals surface area contributed by atoms with Crippen molar-refractivity contribution in [3.05, 3.63) is 34.3 Å². The van der Waals surface area contributed by atoms with E-state index in [0.717, 1.165) is 10.0 Å². The molecule has 3 N–H and O–H groups in total. The van der Waals surface area contributed by atoms with Crippen LogP contribution in [0, 0.1) is 12.3 Å². The van der Waals surface area contributed by atoms with Crippen molar-refractivity contribution in [2.75, 3.05) is 0 Å². The number of rotatable bonds is 4. The highest BCUT2D eigenvalue weighted by atomic mass is 79.9. The molecule has 3 nitrogen and oxygen atoms in total. The maximum atomic E-state index is 11.7. The first-order valence-corrected chi connectivity index (χ1v) is 6.08. The van der Waals surface area contributed by atoms with Gasteiger partial charge in [-0.1, -0.05) is 28.1 Å². The SMILES string of the molecule is C#CCC(N)C(=O)NC(C)c1cccc(Br)c1. The molecule has 0 aromatic heterocycles. The summed E-state index contributed by atoms with van der Waals surface area (Å²) < 4.78 is 0.976. The molecule has 0 radical (unpaired) electrons. The fourth-order valence-corrected chi connectivity index (χ4v) is 1.82. The molecule has 0 heterocycles. The van der Waals surface area contributed by atoms with Gasteiger partial charge < -0.3 is 11.1 Å². The van der Waals surface area contributed by atoms with E-state index in [-0.39, 0.29) is 18.4 Å². The Hall–Kier alpha value is -1.31. The second-order valence-electron chi connectivity index (χ2n) is 3.80. The summed E-state index contributed by atoms with van der Waals surface area (Å²) in [7, 11) is 0. The molecule has 4 heteroatoms. The summed E-state index contributed by atoms with van der Waals surface area (Å²) in [5.74, 6) is 2.15. The van der Waals surface area contributed by atoms with Crippen molar-refractivity contribution in [1.29, 1.82) is 0 Å². The van der Waals surface area contributed by atoms with Crippen LogP contribution in [-0.4, -0.2) is 11.9 Å². The lowest BCUT2D eigenvalue weighted by atomic mass is 10.1. The number of carbonyl (C=O) groups excluding carboxylic acids is 1. The van der Waals surface area contributed by atoms with E-state index in [1.807, 2.05) is 31.2 Å². The normalized spacial score (nSPS) is 13.5. The van der Waals surface area contributed by atoms with E-state index in [4.69, 9.17) is 12.2 Å². The molecular weight excluding hydrogens is 280 g/mol. The number of nitrogens with two attached hydrogens (primary N) is 1. The van der Waals surface area contributed by atoms with E-state index in [1.54, 1.807) is 0 Å². The van der Waals surface area contributed by atoms with Gasteiger partial charge in [-0.2, -0.15) is 0 Å². The zero-order valence-corrected chi connectivity index (χ0v) is 11.2. The minimum atomic E-state index is -0.644. The van der Waals surface area contributed by atoms with Gasteiger partial charge in [-0.25, -0.2) is 0 Å². The molecule has 0 saturated carbocycles. The average Bonchev–Trinajstić information content (AvgIpc) is 2.29. The van der Waals surface area contributed by atoms with Crippen LogP contribution in [0.3, 0.4) is 0 Å². The van der Waals surface area contributed by atoms with E-state index < -0.39 is 6.04 Å². The number of hydrogen-bond donors (Lipinski definition) is 2. The minimum Gasteiger partial charge on any atom is -0.348 e. The molecule has 2 unspecified atom stereocenters. The summed E-state index contributed by atoms with van der Waals surface area (Å²) >= 11 is 3.39. The molecule has 1 aromatic carbocycles. The topological polar surface area (TPSA) is 55.1 Å². The molecule has 0 aliphatic heterocycles. The lowest BCUT2D eigenvalue weighted by Gasteiger charge is -2.17. The number of benzene rings is 1. The number of halogens is 1. The van der Waals surface area contributed by atoms with Crippen molar-refractivity contribution in [3.63, 3.8) is 0 Å². The van der Waals surface area contributed by atoms with Crippen molar-refractivity contribution in [2.45, 2.75) is 25.4 Å². The van der Waals surface area contributed by atoms with Gasteiger partial charge in [-0.3, -0.25) is 4.79 Å². The second-order valence-corrected chi connectivity index (χ2v) is 4.72. The summed E-state index contributed by atoms with van der Waals surface area (Å²) in [5, 5.41) is 2.83. The van der Waals surface area contributed by atoms with Crippen LogP contribution in [0.4, 0.5) is 0 Å². The van der Waals surface area contributed by atoms with E-state index in [1.165, 1.54) is 0 Å². The fraction of sp³-hybridized carbons (Fsp3) is 0.308. The summed E-state index contributed by atoms with van der Waals surface area (Å²) in [4.78, 5) is 11.7. The van der Waals surface area contributed by atoms with Crippen LogP contribution >= 0.6 is 15.9 Å². The Labute approximate surface area is 110 Å². The van der Waals surface area contributed by atoms with Gasteiger partial charge in [-0.05, 0) is 24.6 Å². The Morgan fingerprint density at radius 2 is 2.35 bits per heavy atom. The lowest BCUT2D eigenvalue weighted by Crippen LogP contribution is -2.41. The maximum absolute atomic E-state index is 11.7. The first-order valence-electron chi connectivity index (χ1n) is 5.29. The molecule has 2 atom stereocenters. The Bertz CT molecular complexity index is 439. The van der Waals surface area contributed by atoms with Gasteiger partial charge in [0.15, 0.2) is 0 Å². The van der Waals surface area contributed by atoms with Crippen LogP contribution in [0.15, 0.2) is 28.7 Å². The standard InChI is InChI=1S/C13H15BrN2O/c1-3-5-12(15)13(17)16-9(2)10-6-4-7-11(14)8-10/h1,4,6-9,12H,5,15H2,2H3,(H,16,17). The molecule has 17 heavy (non-hydrogen) atoms. The van der Waals surface area contributed by atoms with Gasteiger partial charge in [0, 0.05) is 10.9 Å². The summed E-state index contributed by atoms with van der Waals surface area (Å²) in [6, 6.07) is 7.02.